The highest BCUT2D eigenvalue weighted by atomic mass is 16.4. The molecule has 2 aromatic rings. The van der Waals surface area contributed by atoms with E-state index in [1.807, 2.05) is 48.5 Å². The number of hydrogen-bond acceptors (Lipinski definition) is 6. The van der Waals surface area contributed by atoms with E-state index in [1.54, 1.807) is 0 Å². The number of carboxylic acids is 1. The van der Waals surface area contributed by atoms with Crippen molar-refractivity contribution in [3.63, 3.8) is 0 Å². The van der Waals surface area contributed by atoms with Crippen LogP contribution in [0.15, 0.2) is 48.5 Å². The van der Waals surface area contributed by atoms with Gasteiger partial charge in [0.05, 0.1) is 6.42 Å². The first kappa shape index (κ1) is 21.3. The number of anilines is 2. The molecule has 0 amide bonds. The summed E-state index contributed by atoms with van der Waals surface area (Å²) < 4.78 is 0. The Morgan fingerprint density at radius 2 is 1.23 bits per heavy atom. The maximum atomic E-state index is 12.9. The standard InChI is InChI=1S/C24H30N4O3/c29-23(30)9-12-26-15-17-28(18-16-26)22-7-3-20(4-8-22)24(31)19-1-5-21(6-2-19)27-13-10-25-11-14-27/h1-8,25H,9-18H2,(H,29,30). The van der Waals surface area contributed by atoms with Gasteiger partial charge in [0, 0.05) is 81.4 Å². The number of nitrogens with zero attached hydrogens (tertiary/aromatic N) is 3. The third-order valence-corrected chi connectivity index (χ3v) is 6.12. The second-order valence-electron chi connectivity index (χ2n) is 8.13. The van der Waals surface area contributed by atoms with Gasteiger partial charge in [0.25, 0.3) is 0 Å². The summed E-state index contributed by atoms with van der Waals surface area (Å²) >= 11 is 0. The molecular weight excluding hydrogens is 392 g/mol. The SMILES string of the molecule is O=C(O)CCN1CCN(c2ccc(C(=O)c3ccc(N4CCNCC4)cc3)cc2)CC1. The van der Waals surface area contributed by atoms with Gasteiger partial charge in [-0.1, -0.05) is 0 Å². The van der Waals surface area contributed by atoms with Crippen LogP contribution < -0.4 is 15.1 Å². The Balaban J connectivity index is 1.33. The first-order chi connectivity index (χ1) is 15.1. The topological polar surface area (TPSA) is 76.1 Å². The van der Waals surface area contributed by atoms with E-state index >= 15 is 0 Å². The molecule has 0 spiro atoms. The van der Waals surface area contributed by atoms with Gasteiger partial charge < -0.3 is 20.2 Å². The Morgan fingerprint density at radius 1 is 0.742 bits per heavy atom. The average Bonchev–Trinajstić information content (AvgIpc) is 2.83. The molecule has 31 heavy (non-hydrogen) atoms. The van der Waals surface area contributed by atoms with Crippen molar-refractivity contribution < 1.29 is 14.7 Å². The largest absolute Gasteiger partial charge is 0.481 e. The van der Waals surface area contributed by atoms with Crippen LogP contribution in [0.5, 0.6) is 0 Å². The van der Waals surface area contributed by atoms with E-state index in [9.17, 15) is 9.59 Å². The second-order valence-corrected chi connectivity index (χ2v) is 8.13. The third-order valence-electron chi connectivity index (χ3n) is 6.12. The average molecular weight is 423 g/mol. The fourth-order valence-corrected chi connectivity index (χ4v) is 4.22. The second kappa shape index (κ2) is 9.94. The Hall–Kier alpha value is -2.90. The number of nitrogens with one attached hydrogen (secondary N) is 1. The lowest BCUT2D eigenvalue weighted by molar-refractivity contribution is -0.137. The third kappa shape index (κ3) is 5.42. The number of carbonyl (C=O) groups is 2. The monoisotopic (exact) mass is 422 g/mol. The van der Waals surface area contributed by atoms with E-state index in [1.165, 1.54) is 0 Å². The van der Waals surface area contributed by atoms with Crippen LogP contribution in [0.25, 0.3) is 0 Å². The maximum Gasteiger partial charge on any atom is 0.304 e. The molecule has 164 valence electrons. The number of piperazine rings is 2. The molecule has 7 nitrogen and oxygen atoms in total. The molecule has 0 aliphatic carbocycles. The molecule has 0 bridgehead atoms. The maximum absolute atomic E-state index is 12.9. The summed E-state index contributed by atoms with van der Waals surface area (Å²) in [6.45, 7) is 7.99. The van der Waals surface area contributed by atoms with Crippen molar-refractivity contribution in [2.45, 2.75) is 6.42 Å². The number of benzene rings is 2. The molecular formula is C24H30N4O3. The van der Waals surface area contributed by atoms with Crippen LogP contribution in [0.1, 0.15) is 22.3 Å². The highest BCUT2D eigenvalue weighted by Crippen LogP contribution is 2.21. The van der Waals surface area contributed by atoms with Gasteiger partial charge in [-0.15, -0.1) is 0 Å². The summed E-state index contributed by atoms with van der Waals surface area (Å²) in [5.74, 6) is -0.710. The number of ketones is 1. The number of rotatable bonds is 7. The molecule has 0 saturated carbocycles. The van der Waals surface area contributed by atoms with Crippen LogP contribution in [-0.2, 0) is 4.79 Å². The van der Waals surface area contributed by atoms with Gasteiger partial charge in [-0.3, -0.25) is 14.5 Å². The summed E-state index contributed by atoms with van der Waals surface area (Å²) in [5, 5.41) is 12.2. The zero-order valence-corrected chi connectivity index (χ0v) is 17.8. The highest BCUT2D eigenvalue weighted by Gasteiger charge is 2.18. The van der Waals surface area contributed by atoms with E-state index in [0.29, 0.717) is 17.7 Å². The molecule has 0 radical (unpaired) electrons. The molecule has 7 heteroatoms. The number of aliphatic carboxylic acids is 1. The lowest BCUT2D eigenvalue weighted by Gasteiger charge is -2.35. The lowest BCUT2D eigenvalue weighted by Crippen LogP contribution is -2.46. The van der Waals surface area contributed by atoms with Gasteiger partial charge in [0.15, 0.2) is 5.78 Å². The Morgan fingerprint density at radius 3 is 1.71 bits per heavy atom. The molecule has 2 N–H and O–H groups in total. The molecule has 2 aromatic carbocycles. The molecule has 0 unspecified atom stereocenters. The minimum absolute atomic E-state index is 0.0388. The quantitative estimate of drug-likeness (QED) is 0.661. The number of carbonyl (C=O) groups excluding carboxylic acids is 1. The van der Waals surface area contributed by atoms with Crippen LogP contribution in [0.4, 0.5) is 11.4 Å². The van der Waals surface area contributed by atoms with Crippen LogP contribution in [0, 0.1) is 0 Å². The minimum Gasteiger partial charge on any atom is -0.481 e. The fourth-order valence-electron chi connectivity index (χ4n) is 4.22. The molecule has 4 rings (SSSR count). The minimum atomic E-state index is -0.749. The molecule has 0 aromatic heterocycles. The normalized spacial score (nSPS) is 17.5. The van der Waals surface area contributed by atoms with Crippen LogP contribution in [-0.4, -0.2) is 80.7 Å². The molecule has 2 aliphatic rings. The van der Waals surface area contributed by atoms with Gasteiger partial charge in [-0.2, -0.15) is 0 Å². The van der Waals surface area contributed by atoms with Crippen molar-refractivity contribution in [1.82, 2.24) is 10.2 Å². The van der Waals surface area contributed by atoms with E-state index in [-0.39, 0.29) is 12.2 Å². The van der Waals surface area contributed by atoms with Crippen molar-refractivity contribution in [3.05, 3.63) is 59.7 Å². The van der Waals surface area contributed by atoms with Crippen molar-refractivity contribution in [3.8, 4) is 0 Å². The smallest absolute Gasteiger partial charge is 0.304 e. The zero-order chi connectivity index (χ0) is 21.6. The van der Waals surface area contributed by atoms with Crippen molar-refractivity contribution >= 4 is 23.1 Å². The zero-order valence-electron chi connectivity index (χ0n) is 17.8. The van der Waals surface area contributed by atoms with Crippen LogP contribution >= 0.6 is 0 Å². The van der Waals surface area contributed by atoms with Gasteiger partial charge >= 0.3 is 5.97 Å². The summed E-state index contributed by atoms with van der Waals surface area (Å²) in [5.41, 5.74) is 3.66. The first-order valence-electron chi connectivity index (χ1n) is 11.0. The molecule has 0 atom stereocenters. The molecule has 2 fully saturated rings. The van der Waals surface area contributed by atoms with Crippen molar-refractivity contribution in [1.29, 1.82) is 0 Å². The molecule has 2 saturated heterocycles. The van der Waals surface area contributed by atoms with Gasteiger partial charge in [0.1, 0.15) is 0 Å². The number of hydrogen-bond donors (Lipinski definition) is 2. The van der Waals surface area contributed by atoms with Crippen LogP contribution in [0.3, 0.4) is 0 Å². The van der Waals surface area contributed by atoms with Crippen molar-refractivity contribution in [2.75, 3.05) is 68.7 Å². The fraction of sp³-hybridized carbons (Fsp3) is 0.417. The van der Waals surface area contributed by atoms with Gasteiger partial charge in [-0.05, 0) is 48.5 Å². The number of carboxylic acid groups (broad SMARTS) is 1. The lowest BCUT2D eigenvalue weighted by atomic mass is 10.0. The first-order valence-corrected chi connectivity index (χ1v) is 11.0. The van der Waals surface area contributed by atoms with Crippen molar-refractivity contribution in [2.24, 2.45) is 0 Å². The van der Waals surface area contributed by atoms with Gasteiger partial charge in [0.2, 0.25) is 0 Å². The Kier molecular flexibility index (Phi) is 6.84. The summed E-state index contributed by atoms with van der Waals surface area (Å²) in [7, 11) is 0. The summed E-state index contributed by atoms with van der Waals surface area (Å²) in [4.78, 5) is 30.4. The predicted molar refractivity (Wildman–Crippen MR) is 122 cm³/mol. The Bertz CT molecular complexity index is 884. The van der Waals surface area contributed by atoms with E-state index < -0.39 is 5.97 Å². The van der Waals surface area contributed by atoms with Gasteiger partial charge in [-0.25, -0.2) is 0 Å². The van der Waals surface area contributed by atoms with Crippen LogP contribution in [0.2, 0.25) is 0 Å². The van der Waals surface area contributed by atoms with E-state index in [4.69, 9.17) is 5.11 Å². The summed E-state index contributed by atoms with van der Waals surface area (Å²) in [6, 6.07) is 15.7. The van der Waals surface area contributed by atoms with E-state index in [2.05, 4.69) is 20.0 Å². The highest BCUT2D eigenvalue weighted by molar-refractivity contribution is 6.09. The van der Waals surface area contributed by atoms with E-state index in [0.717, 1.165) is 63.7 Å². The predicted octanol–water partition coefficient (Wildman–Crippen LogP) is 1.92. The Labute approximate surface area is 183 Å². The molecule has 2 aliphatic heterocycles. The molecule has 2 heterocycles. The summed E-state index contributed by atoms with van der Waals surface area (Å²) in [6.07, 6.45) is 0.188.